The highest BCUT2D eigenvalue weighted by Gasteiger charge is 2.22. The molecule has 0 aromatic rings. The van der Waals surface area contributed by atoms with E-state index in [1.807, 2.05) is 0 Å². The zero-order valence-electron chi connectivity index (χ0n) is 10.1. The lowest BCUT2D eigenvalue weighted by atomic mass is 9.91. The monoisotopic (exact) mass is 211 g/mol. The Morgan fingerprint density at radius 1 is 1.47 bits per heavy atom. The Hall–Kier alpha value is -0.340. The van der Waals surface area contributed by atoms with Crippen LogP contribution in [-0.4, -0.2) is 23.8 Å². The predicted octanol–water partition coefficient (Wildman–Crippen LogP) is 2.48. The SMILES string of the molecule is CCCC(C)(CO)NCC1CC=CCC1. The van der Waals surface area contributed by atoms with Crippen LogP contribution in [0.1, 0.15) is 46.0 Å². The lowest BCUT2D eigenvalue weighted by molar-refractivity contribution is 0.158. The quantitative estimate of drug-likeness (QED) is 0.662. The van der Waals surface area contributed by atoms with Crippen LogP contribution in [0.4, 0.5) is 0 Å². The molecule has 2 heteroatoms. The fourth-order valence-corrected chi connectivity index (χ4v) is 2.21. The summed E-state index contributed by atoms with van der Waals surface area (Å²) in [6, 6.07) is 0. The summed E-state index contributed by atoms with van der Waals surface area (Å²) in [6.45, 7) is 5.57. The van der Waals surface area contributed by atoms with Crippen LogP contribution in [0, 0.1) is 5.92 Å². The Labute approximate surface area is 93.8 Å². The highest BCUT2D eigenvalue weighted by atomic mass is 16.3. The van der Waals surface area contributed by atoms with Crippen LogP contribution in [0.3, 0.4) is 0 Å². The molecule has 1 rings (SSSR count). The van der Waals surface area contributed by atoms with Crippen molar-refractivity contribution in [1.82, 2.24) is 5.32 Å². The van der Waals surface area contributed by atoms with Gasteiger partial charge in [-0.1, -0.05) is 25.5 Å². The first kappa shape index (κ1) is 12.7. The maximum atomic E-state index is 9.37. The van der Waals surface area contributed by atoms with Crippen LogP contribution in [0.25, 0.3) is 0 Å². The Morgan fingerprint density at radius 2 is 2.27 bits per heavy atom. The molecule has 0 saturated carbocycles. The van der Waals surface area contributed by atoms with Crippen molar-refractivity contribution in [2.75, 3.05) is 13.2 Å². The first-order valence-electron chi connectivity index (χ1n) is 6.21. The van der Waals surface area contributed by atoms with E-state index in [0.29, 0.717) is 0 Å². The zero-order chi connectivity index (χ0) is 11.1. The summed E-state index contributed by atoms with van der Waals surface area (Å²) in [5, 5.41) is 12.9. The van der Waals surface area contributed by atoms with E-state index in [1.54, 1.807) is 0 Å². The molecule has 0 bridgehead atoms. The number of hydrogen-bond acceptors (Lipinski definition) is 2. The van der Waals surface area contributed by atoms with Gasteiger partial charge in [-0.15, -0.1) is 0 Å². The van der Waals surface area contributed by atoms with E-state index in [9.17, 15) is 5.11 Å². The first-order chi connectivity index (χ1) is 7.20. The van der Waals surface area contributed by atoms with Crippen LogP contribution in [0.15, 0.2) is 12.2 Å². The van der Waals surface area contributed by atoms with Crippen molar-refractivity contribution in [2.24, 2.45) is 5.92 Å². The highest BCUT2D eigenvalue weighted by molar-refractivity contribution is 4.92. The third-order valence-electron chi connectivity index (χ3n) is 3.35. The van der Waals surface area contributed by atoms with Crippen LogP contribution < -0.4 is 5.32 Å². The Bertz CT molecular complexity index is 203. The molecule has 0 aromatic carbocycles. The molecule has 0 spiro atoms. The average Bonchev–Trinajstić information content (AvgIpc) is 2.28. The van der Waals surface area contributed by atoms with Gasteiger partial charge in [0.15, 0.2) is 0 Å². The van der Waals surface area contributed by atoms with Gasteiger partial charge in [-0.3, -0.25) is 0 Å². The summed E-state index contributed by atoms with van der Waals surface area (Å²) in [6.07, 6.45) is 10.4. The molecule has 0 heterocycles. The fraction of sp³-hybridized carbons (Fsp3) is 0.846. The molecule has 2 unspecified atom stereocenters. The first-order valence-corrected chi connectivity index (χ1v) is 6.21. The Morgan fingerprint density at radius 3 is 2.80 bits per heavy atom. The van der Waals surface area contributed by atoms with E-state index < -0.39 is 0 Å². The number of hydrogen-bond donors (Lipinski definition) is 2. The molecule has 2 N–H and O–H groups in total. The lowest BCUT2D eigenvalue weighted by Gasteiger charge is -2.31. The van der Waals surface area contributed by atoms with Gasteiger partial charge in [0.2, 0.25) is 0 Å². The van der Waals surface area contributed by atoms with Gasteiger partial charge in [0.05, 0.1) is 6.61 Å². The third kappa shape index (κ3) is 4.35. The normalized spacial score (nSPS) is 25.1. The van der Waals surface area contributed by atoms with E-state index in [4.69, 9.17) is 0 Å². The van der Waals surface area contributed by atoms with Crippen molar-refractivity contribution in [1.29, 1.82) is 0 Å². The summed E-state index contributed by atoms with van der Waals surface area (Å²) in [4.78, 5) is 0. The summed E-state index contributed by atoms with van der Waals surface area (Å²) in [7, 11) is 0. The van der Waals surface area contributed by atoms with Gasteiger partial charge in [-0.05, 0) is 45.1 Å². The summed E-state index contributed by atoms with van der Waals surface area (Å²) in [5.41, 5.74) is -0.0735. The molecular formula is C13H25NO. The van der Waals surface area contributed by atoms with Gasteiger partial charge in [0, 0.05) is 5.54 Å². The fourth-order valence-electron chi connectivity index (χ4n) is 2.21. The van der Waals surface area contributed by atoms with Crippen molar-refractivity contribution in [3.63, 3.8) is 0 Å². The van der Waals surface area contributed by atoms with Gasteiger partial charge in [-0.25, -0.2) is 0 Å². The van der Waals surface area contributed by atoms with Crippen molar-refractivity contribution in [3.05, 3.63) is 12.2 Å². The lowest BCUT2D eigenvalue weighted by Crippen LogP contribution is -2.47. The van der Waals surface area contributed by atoms with Gasteiger partial charge in [0.25, 0.3) is 0 Å². The van der Waals surface area contributed by atoms with Crippen molar-refractivity contribution in [3.8, 4) is 0 Å². The molecule has 0 radical (unpaired) electrons. The van der Waals surface area contributed by atoms with Gasteiger partial charge in [-0.2, -0.15) is 0 Å². The van der Waals surface area contributed by atoms with Gasteiger partial charge < -0.3 is 10.4 Å². The largest absolute Gasteiger partial charge is 0.394 e. The second-order valence-corrected chi connectivity index (χ2v) is 5.00. The highest BCUT2D eigenvalue weighted by Crippen LogP contribution is 2.19. The minimum atomic E-state index is -0.0735. The van der Waals surface area contributed by atoms with Crippen LogP contribution in [0.2, 0.25) is 0 Å². The Balaban J connectivity index is 2.29. The summed E-state index contributed by atoms with van der Waals surface area (Å²) in [5.74, 6) is 0.762. The van der Waals surface area contributed by atoms with Gasteiger partial charge in [0.1, 0.15) is 0 Å². The molecule has 2 nitrogen and oxygen atoms in total. The molecule has 0 fully saturated rings. The molecule has 88 valence electrons. The van der Waals surface area contributed by atoms with E-state index in [2.05, 4.69) is 31.3 Å². The topological polar surface area (TPSA) is 32.3 Å². The Kier molecular flexibility index (Phi) is 5.34. The molecule has 1 aliphatic rings. The van der Waals surface area contributed by atoms with E-state index in [1.165, 1.54) is 19.3 Å². The van der Waals surface area contributed by atoms with E-state index >= 15 is 0 Å². The van der Waals surface area contributed by atoms with Gasteiger partial charge >= 0.3 is 0 Å². The van der Waals surface area contributed by atoms with E-state index in [0.717, 1.165) is 25.3 Å². The molecule has 0 amide bonds. The summed E-state index contributed by atoms with van der Waals surface area (Å²) >= 11 is 0. The number of aliphatic hydroxyl groups excluding tert-OH is 1. The van der Waals surface area contributed by atoms with Crippen LogP contribution in [0.5, 0.6) is 0 Å². The van der Waals surface area contributed by atoms with Crippen LogP contribution >= 0.6 is 0 Å². The van der Waals surface area contributed by atoms with Crippen molar-refractivity contribution < 1.29 is 5.11 Å². The third-order valence-corrected chi connectivity index (χ3v) is 3.35. The number of aliphatic hydroxyl groups is 1. The standard InChI is InChI=1S/C13H25NO/c1-3-9-13(2,11-15)14-10-12-7-5-4-6-8-12/h4-5,12,14-15H,3,6-11H2,1-2H3. The van der Waals surface area contributed by atoms with E-state index in [-0.39, 0.29) is 12.1 Å². The second-order valence-electron chi connectivity index (χ2n) is 5.00. The van der Waals surface area contributed by atoms with Crippen molar-refractivity contribution >= 4 is 0 Å². The smallest absolute Gasteiger partial charge is 0.0610 e. The molecule has 0 aliphatic heterocycles. The number of allylic oxidation sites excluding steroid dienone is 2. The molecule has 0 aromatic heterocycles. The molecule has 1 aliphatic carbocycles. The number of nitrogens with one attached hydrogen (secondary N) is 1. The maximum Gasteiger partial charge on any atom is 0.0610 e. The average molecular weight is 211 g/mol. The van der Waals surface area contributed by atoms with Crippen molar-refractivity contribution in [2.45, 2.75) is 51.5 Å². The molecular weight excluding hydrogens is 186 g/mol. The number of rotatable bonds is 6. The van der Waals surface area contributed by atoms with Crippen LogP contribution in [-0.2, 0) is 0 Å². The molecule has 2 atom stereocenters. The summed E-state index contributed by atoms with van der Waals surface area (Å²) < 4.78 is 0. The minimum absolute atomic E-state index is 0.0735. The molecule has 0 saturated heterocycles. The predicted molar refractivity (Wildman–Crippen MR) is 64.9 cm³/mol. The molecule has 15 heavy (non-hydrogen) atoms. The zero-order valence-corrected chi connectivity index (χ0v) is 10.1. The maximum absolute atomic E-state index is 9.37. The minimum Gasteiger partial charge on any atom is -0.394 e. The second kappa shape index (κ2) is 6.29.